The van der Waals surface area contributed by atoms with Gasteiger partial charge in [0.25, 0.3) is 0 Å². The molecule has 3 N–H and O–H groups in total. The summed E-state index contributed by atoms with van der Waals surface area (Å²) in [6.45, 7) is 9.02. The van der Waals surface area contributed by atoms with Crippen LogP contribution in [0.25, 0.3) is 0 Å². The van der Waals surface area contributed by atoms with Crippen molar-refractivity contribution in [3.63, 3.8) is 0 Å². The standard InChI is InChI=1S/C22H32N4O2S/c1-3-23-21(25-17-22(2,27)19-9-14-29-16-19)24-15-20(18-7-5-4-6-8-18)26-10-12-28-13-11-26/h4-9,14,16,20,27H,3,10-13,15,17H2,1-2H3,(H2,23,24,25). The summed E-state index contributed by atoms with van der Waals surface area (Å²) in [5.41, 5.74) is 1.20. The van der Waals surface area contributed by atoms with Crippen LogP contribution in [0, 0.1) is 0 Å². The minimum atomic E-state index is -0.981. The Bertz CT molecular complexity index is 743. The Hall–Kier alpha value is -1.93. The molecule has 1 fully saturated rings. The monoisotopic (exact) mass is 416 g/mol. The van der Waals surface area contributed by atoms with Gasteiger partial charge in [0.05, 0.1) is 25.8 Å². The molecule has 1 aromatic heterocycles. The normalized spacial score (nSPS) is 18.8. The highest BCUT2D eigenvalue weighted by Gasteiger charge is 2.25. The van der Waals surface area contributed by atoms with Crippen LogP contribution in [-0.2, 0) is 10.3 Å². The number of benzene rings is 1. The molecule has 158 valence electrons. The van der Waals surface area contributed by atoms with Crippen LogP contribution in [-0.4, -0.2) is 61.9 Å². The van der Waals surface area contributed by atoms with E-state index in [1.165, 1.54) is 5.56 Å². The number of hydrogen-bond acceptors (Lipinski definition) is 5. The van der Waals surface area contributed by atoms with Gasteiger partial charge < -0.3 is 20.5 Å². The molecule has 2 heterocycles. The summed E-state index contributed by atoms with van der Waals surface area (Å²) in [7, 11) is 0. The first-order valence-corrected chi connectivity index (χ1v) is 11.2. The topological polar surface area (TPSA) is 69.1 Å². The lowest BCUT2D eigenvalue weighted by atomic mass is 10.00. The summed E-state index contributed by atoms with van der Waals surface area (Å²) >= 11 is 1.58. The number of hydrogen-bond donors (Lipinski definition) is 3. The number of morpholine rings is 1. The van der Waals surface area contributed by atoms with Crippen LogP contribution in [0.1, 0.15) is 31.0 Å². The molecule has 3 rings (SSSR count). The fourth-order valence-corrected chi connectivity index (χ4v) is 4.24. The molecule has 1 aliphatic heterocycles. The van der Waals surface area contributed by atoms with Gasteiger partial charge >= 0.3 is 0 Å². The van der Waals surface area contributed by atoms with E-state index in [9.17, 15) is 5.11 Å². The van der Waals surface area contributed by atoms with Crippen LogP contribution in [0.5, 0.6) is 0 Å². The summed E-state index contributed by atoms with van der Waals surface area (Å²) in [4.78, 5) is 7.11. The van der Waals surface area contributed by atoms with Gasteiger partial charge in [-0.25, -0.2) is 4.99 Å². The third kappa shape index (κ3) is 6.27. The van der Waals surface area contributed by atoms with Crippen molar-refractivity contribution in [2.24, 2.45) is 4.99 Å². The number of rotatable bonds is 8. The number of thiophene rings is 1. The maximum absolute atomic E-state index is 10.8. The van der Waals surface area contributed by atoms with Crippen LogP contribution in [0.2, 0.25) is 0 Å². The molecule has 29 heavy (non-hydrogen) atoms. The van der Waals surface area contributed by atoms with Crippen molar-refractivity contribution in [2.75, 3.05) is 45.9 Å². The van der Waals surface area contributed by atoms with E-state index in [0.717, 1.165) is 50.9 Å². The largest absolute Gasteiger partial charge is 0.383 e. The second-order valence-corrected chi connectivity index (χ2v) is 8.22. The van der Waals surface area contributed by atoms with Gasteiger partial charge in [-0.05, 0) is 41.8 Å². The van der Waals surface area contributed by atoms with Gasteiger partial charge in [-0.3, -0.25) is 4.90 Å². The van der Waals surface area contributed by atoms with Gasteiger partial charge in [0.1, 0.15) is 5.60 Å². The third-order valence-electron chi connectivity index (χ3n) is 5.17. The van der Waals surface area contributed by atoms with Crippen molar-refractivity contribution >= 4 is 17.3 Å². The molecule has 0 spiro atoms. The molecular weight excluding hydrogens is 384 g/mol. The van der Waals surface area contributed by atoms with E-state index in [1.54, 1.807) is 11.3 Å². The van der Waals surface area contributed by atoms with Gasteiger partial charge in [0.2, 0.25) is 0 Å². The predicted octanol–water partition coefficient (Wildman–Crippen LogP) is 2.58. The molecule has 6 nitrogen and oxygen atoms in total. The van der Waals surface area contributed by atoms with E-state index in [1.807, 2.05) is 36.7 Å². The van der Waals surface area contributed by atoms with Crippen molar-refractivity contribution in [3.05, 3.63) is 58.3 Å². The molecule has 0 aliphatic carbocycles. The Morgan fingerprint density at radius 3 is 2.66 bits per heavy atom. The second kappa shape index (κ2) is 10.7. The van der Waals surface area contributed by atoms with Gasteiger partial charge in [0.15, 0.2) is 5.96 Å². The van der Waals surface area contributed by atoms with E-state index >= 15 is 0 Å². The highest BCUT2D eigenvalue weighted by Crippen LogP contribution is 2.23. The lowest BCUT2D eigenvalue weighted by Gasteiger charge is -2.35. The highest BCUT2D eigenvalue weighted by molar-refractivity contribution is 7.08. The van der Waals surface area contributed by atoms with Gasteiger partial charge in [-0.1, -0.05) is 30.3 Å². The Balaban J connectivity index is 1.69. The van der Waals surface area contributed by atoms with E-state index < -0.39 is 5.60 Å². The quantitative estimate of drug-likeness (QED) is 0.456. The Morgan fingerprint density at radius 1 is 1.24 bits per heavy atom. The summed E-state index contributed by atoms with van der Waals surface area (Å²) in [5.74, 6) is 0.720. The Kier molecular flexibility index (Phi) is 8.06. The lowest BCUT2D eigenvalue weighted by molar-refractivity contribution is 0.0169. The van der Waals surface area contributed by atoms with Gasteiger partial charge in [0, 0.05) is 26.2 Å². The minimum Gasteiger partial charge on any atom is -0.383 e. The van der Waals surface area contributed by atoms with Crippen LogP contribution in [0.3, 0.4) is 0 Å². The van der Waals surface area contributed by atoms with Crippen molar-refractivity contribution in [1.82, 2.24) is 15.5 Å². The van der Waals surface area contributed by atoms with Crippen LogP contribution in [0.4, 0.5) is 0 Å². The zero-order chi connectivity index (χ0) is 20.5. The smallest absolute Gasteiger partial charge is 0.191 e. The first-order valence-electron chi connectivity index (χ1n) is 10.2. The first-order chi connectivity index (χ1) is 14.1. The fraction of sp³-hybridized carbons (Fsp3) is 0.500. The van der Waals surface area contributed by atoms with Gasteiger partial charge in [-0.15, -0.1) is 0 Å². The Morgan fingerprint density at radius 2 is 2.00 bits per heavy atom. The molecule has 1 aliphatic rings. The zero-order valence-electron chi connectivity index (χ0n) is 17.3. The molecular formula is C22H32N4O2S. The number of guanidine groups is 1. The van der Waals surface area contributed by atoms with Crippen molar-refractivity contribution in [1.29, 1.82) is 0 Å². The predicted molar refractivity (Wildman–Crippen MR) is 119 cm³/mol. The third-order valence-corrected chi connectivity index (χ3v) is 5.85. The SMILES string of the molecule is CCNC(=NCC(C)(O)c1ccsc1)NCC(c1ccccc1)N1CCOCC1. The lowest BCUT2D eigenvalue weighted by Crippen LogP contribution is -2.46. The number of aliphatic imine (C=N–C) groups is 1. The molecule has 0 bridgehead atoms. The summed E-state index contributed by atoms with van der Waals surface area (Å²) in [6.07, 6.45) is 0. The molecule has 0 saturated carbocycles. The number of nitrogens with one attached hydrogen (secondary N) is 2. The average molecular weight is 417 g/mol. The number of aliphatic hydroxyl groups is 1. The maximum Gasteiger partial charge on any atom is 0.191 e. The van der Waals surface area contributed by atoms with Gasteiger partial charge in [-0.2, -0.15) is 11.3 Å². The fourth-order valence-electron chi connectivity index (χ4n) is 3.45. The molecule has 1 saturated heterocycles. The molecule has 2 unspecified atom stereocenters. The molecule has 2 atom stereocenters. The molecule has 2 aromatic rings. The minimum absolute atomic E-state index is 0.237. The summed E-state index contributed by atoms with van der Waals surface area (Å²) in [5, 5.41) is 21.5. The maximum atomic E-state index is 10.8. The van der Waals surface area contributed by atoms with E-state index in [4.69, 9.17) is 4.74 Å². The molecule has 7 heteroatoms. The zero-order valence-corrected chi connectivity index (χ0v) is 18.1. The number of nitrogens with zero attached hydrogens (tertiary/aromatic N) is 2. The average Bonchev–Trinajstić information content (AvgIpc) is 3.30. The summed E-state index contributed by atoms with van der Waals surface area (Å²) < 4.78 is 5.54. The molecule has 0 radical (unpaired) electrons. The molecule has 1 aromatic carbocycles. The van der Waals surface area contributed by atoms with Crippen LogP contribution < -0.4 is 10.6 Å². The molecule has 0 amide bonds. The van der Waals surface area contributed by atoms with Crippen LogP contribution >= 0.6 is 11.3 Å². The van der Waals surface area contributed by atoms with Crippen molar-refractivity contribution in [2.45, 2.75) is 25.5 Å². The Labute approximate surface area is 177 Å². The second-order valence-electron chi connectivity index (χ2n) is 7.44. The van der Waals surface area contributed by atoms with E-state index in [2.05, 4.69) is 44.8 Å². The first kappa shape index (κ1) is 21.8. The highest BCUT2D eigenvalue weighted by atomic mass is 32.1. The van der Waals surface area contributed by atoms with Crippen LogP contribution in [0.15, 0.2) is 52.2 Å². The van der Waals surface area contributed by atoms with E-state index in [0.29, 0.717) is 6.54 Å². The summed E-state index contributed by atoms with van der Waals surface area (Å²) in [6, 6.07) is 12.7. The van der Waals surface area contributed by atoms with Crippen molar-refractivity contribution < 1.29 is 9.84 Å². The number of ether oxygens (including phenoxy) is 1. The van der Waals surface area contributed by atoms with Crippen molar-refractivity contribution in [3.8, 4) is 0 Å². The van der Waals surface area contributed by atoms with E-state index in [-0.39, 0.29) is 6.04 Å².